The van der Waals surface area contributed by atoms with Crippen molar-refractivity contribution in [2.45, 2.75) is 51.9 Å². The van der Waals surface area contributed by atoms with E-state index in [0.29, 0.717) is 0 Å². The van der Waals surface area contributed by atoms with E-state index in [9.17, 15) is 0 Å². The zero-order chi connectivity index (χ0) is 11.1. The van der Waals surface area contributed by atoms with Crippen molar-refractivity contribution in [3.05, 3.63) is 0 Å². The second kappa shape index (κ2) is 7.65. The molecule has 0 radical (unpaired) electrons. The predicted molar refractivity (Wildman–Crippen MR) is 69.8 cm³/mol. The maximum absolute atomic E-state index is 2.39. The third kappa shape index (κ3) is 6.79. The Morgan fingerprint density at radius 1 is 0.929 bits per heavy atom. The van der Waals surface area contributed by atoms with Crippen LogP contribution >= 0.6 is 7.92 Å². The van der Waals surface area contributed by atoms with Gasteiger partial charge in [-0.2, -0.15) is 0 Å². The minimum absolute atomic E-state index is 0.272. The molecule has 0 atom stereocenters. The minimum atomic E-state index is 0.272. The molecule has 0 N–H and O–H groups in total. The summed E-state index contributed by atoms with van der Waals surface area (Å²) in [4.78, 5) is 2.28. The molecule has 0 aliphatic carbocycles. The molecule has 0 aromatic carbocycles. The van der Waals surface area contributed by atoms with Crippen LogP contribution in [0.3, 0.4) is 0 Å². The molecule has 1 nitrogen and oxygen atoms in total. The lowest BCUT2D eigenvalue weighted by molar-refractivity contribution is 0.398. The molecule has 0 saturated heterocycles. The highest BCUT2D eigenvalue weighted by Gasteiger charge is 2.15. The second-order valence-electron chi connectivity index (χ2n) is 4.94. The number of hydrogen-bond donors (Lipinski definition) is 0. The van der Waals surface area contributed by atoms with Crippen LogP contribution in [0.4, 0.5) is 0 Å². The fraction of sp³-hybridized carbons (Fsp3) is 1.00. The lowest BCUT2D eigenvalue weighted by Gasteiger charge is -2.25. The summed E-state index contributed by atoms with van der Waals surface area (Å²) in [5, 5.41) is 0. The average molecular weight is 217 g/mol. The Bertz CT molecular complexity index is 124. The van der Waals surface area contributed by atoms with Crippen molar-refractivity contribution in [2.24, 2.45) is 0 Å². The van der Waals surface area contributed by atoms with E-state index < -0.39 is 0 Å². The van der Waals surface area contributed by atoms with Crippen LogP contribution in [0, 0.1) is 0 Å². The van der Waals surface area contributed by atoms with Crippen LogP contribution in [0.15, 0.2) is 0 Å². The maximum atomic E-state index is 2.39. The summed E-state index contributed by atoms with van der Waals surface area (Å²) in [6.45, 7) is 10.8. The van der Waals surface area contributed by atoms with Crippen molar-refractivity contribution >= 4 is 7.92 Å². The van der Waals surface area contributed by atoms with Gasteiger partial charge in [0, 0.05) is 0 Å². The van der Waals surface area contributed by atoms with E-state index in [1.54, 1.807) is 0 Å². The van der Waals surface area contributed by atoms with E-state index in [4.69, 9.17) is 0 Å². The van der Waals surface area contributed by atoms with Gasteiger partial charge >= 0.3 is 0 Å². The molecule has 0 saturated carbocycles. The normalized spacial score (nSPS) is 12.4. The molecular formula is C12H28NP. The molecule has 0 rings (SSSR count). The Labute approximate surface area is 92.0 Å². The van der Waals surface area contributed by atoms with E-state index in [-0.39, 0.29) is 7.92 Å². The van der Waals surface area contributed by atoms with Gasteiger partial charge in [-0.25, -0.2) is 0 Å². The first kappa shape index (κ1) is 14.4. The van der Waals surface area contributed by atoms with Gasteiger partial charge in [0.05, 0.1) is 0 Å². The van der Waals surface area contributed by atoms with E-state index in [1.807, 2.05) is 0 Å². The molecule has 0 aliphatic heterocycles. The first-order chi connectivity index (χ1) is 6.45. The number of rotatable bonds is 7. The molecule has 0 aromatic rings. The fourth-order valence-corrected chi connectivity index (χ4v) is 4.65. The molecule has 2 heteroatoms. The van der Waals surface area contributed by atoms with Crippen LogP contribution in [0.25, 0.3) is 0 Å². The molecule has 0 aromatic heterocycles. The van der Waals surface area contributed by atoms with E-state index in [0.717, 1.165) is 11.3 Å². The minimum Gasteiger partial charge on any atom is -0.309 e. The molecule has 0 spiro atoms. The van der Waals surface area contributed by atoms with Crippen LogP contribution in [-0.2, 0) is 0 Å². The topological polar surface area (TPSA) is 3.24 Å². The lowest BCUT2D eigenvalue weighted by Crippen LogP contribution is -2.14. The second-order valence-corrected chi connectivity index (χ2v) is 8.48. The smallest absolute Gasteiger partial charge is 0.00247 e. The SMILES string of the molecule is CC(C)P(CCCCN(C)C)C(C)C. The molecule has 0 amide bonds. The summed E-state index contributed by atoms with van der Waals surface area (Å²) in [5.41, 5.74) is 1.81. The van der Waals surface area contributed by atoms with Crippen molar-refractivity contribution < 1.29 is 0 Å². The number of hydrogen-bond acceptors (Lipinski definition) is 1. The van der Waals surface area contributed by atoms with Gasteiger partial charge in [0.1, 0.15) is 0 Å². The largest absolute Gasteiger partial charge is 0.309 e. The summed E-state index contributed by atoms with van der Waals surface area (Å²) >= 11 is 0. The third-order valence-corrected chi connectivity index (χ3v) is 6.08. The summed E-state index contributed by atoms with van der Waals surface area (Å²) < 4.78 is 0. The highest BCUT2D eigenvalue weighted by Crippen LogP contribution is 2.46. The maximum Gasteiger partial charge on any atom is -0.00247 e. The Morgan fingerprint density at radius 2 is 1.43 bits per heavy atom. The van der Waals surface area contributed by atoms with Crippen LogP contribution in [0.1, 0.15) is 40.5 Å². The molecule has 0 bridgehead atoms. The van der Waals surface area contributed by atoms with Crippen molar-refractivity contribution in [2.75, 3.05) is 26.8 Å². The van der Waals surface area contributed by atoms with Gasteiger partial charge in [-0.1, -0.05) is 27.7 Å². The van der Waals surface area contributed by atoms with Crippen molar-refractivity contribution in [3.63, 3.8) is 0 Å². The molecule has 0 fully saturated rings. The summed E-state index contributed by atoms with van der Waals surface area (Å²) in [6.07, 6.45) is 4.25. The summed E-state index contributed by atoms with van der Waals surface area (Å²) in [5.74, 6) is 0. The highest BCUT2D eigenvalue weighted by atomic mass is 31.1. The van der Waals surface area contributed by atoms with Crippen molar-refractivity contribution in [1.29, 1.82) is 0 Å². The van der Waals surface area contributed by atoms with E-state index in [1.165, 1.54) is 25.5 Å². The van der Waals surface area contributed by atoms with Crippen LogP contribution in [0.2, 0.25) is 0 Å². The number of unbranched alkanes of at least 4 members (excludes halogenated alkanes) is 1. The lowest BCUT2D eigenvalue weighted by atomic mass is 10.3. The summed E-state index contributed by atoms with van der Waals surface area (Å²) in [6, 6.07) is 0. The van der Waals surface area contributed by atoms with Gasteiger partial charge in [0.2, 0.25) is 0 Å². The van der Waals surface area contributed by atoms with Crippen molar-refractivity contribution in [1.82, 2.24) is 4.90 Å². The molecule has 0 aliphatic rings. The Balaban J connectivity index is 3.62. The van der Waals surface area contributed by atoms with Crippen LogP contribution in [0.5, 0.6) is 0 Å². The standard InChI is InChI=1S/C12H28NP/c1-11(2)14(12(3)4)10-8-7-9-13(5)6/h11-12H,7-10H2,1-6H3. The Hall–Kier alpha value is 0.390. The third-order valence-electron chi connectivity index (χ3n) is 2.60. The molecular weight excluding hydrogens is 189 g/mol. The van der Waals surface area contributed by atoms with Gasteiger partial charge in [-0.3, -0.25) is 0 Å². The van der Waals surface area contributed by atoms with Crippen molar-refractivity contribution in [3.8, 4) is 0 Å². The highest BCUT2D eigenvalue weighted by molar-refractivity contribution is 7.59. The average Bonchev–Trinajstić information content (AvgIpc) is 2.01. The molecule has 14 heavy (non-hydrogen) atoms. The number of nitrogens with zero attached hydrogens (tertiary/aromatic N) is 1. The molecule has 0 heterocycles. The quantitative estimate of drug-likeness (QED) is 0.465. The zero-order valence-corrected chi connectivity index (χ0v) is 11.8. The Morgan fingerprint density at radius 3 is 1.79 bits per heavy atom. The van der Waals surface area contributed by atoms with Gasteiger partial charge in [0.25, 0.3) is 0 Å². The zero-order valence-electron chi connectivity index (χ0n) is 10.9. The van der Waals surface area contributed by atoms with Gasteiger partial charge < -0.3 is 4.90 Å². The molecule has 86 valence electrons. The monoisotopic (exact) mass is 217 g/mol. The first-order valence-electron chi connectivity index (χ1n) is 5.85. The fourth-order valence-electron chi connectivity index (χ4n) is 1.84. The predicted octanol–water partition coefficient (Wildman–Crippen LogP) is 3.63. The summed E-state index contributed by atoms with van der Waals surface area (Å²) in [7, 11) is 4.59. The molecule has 0 unspecified atom stereocenters. The van der Waals surface area contributed by atoms with Gasteiger partial charge in [-0.05, 0) is 51.0 Å². The Kier molecular flexibility index (Phi) is 7.86. The first-order valence-corrected chi connectivity index (χ1v) is 7.52. The van der Waals surface area contributed by atoms with E-state index >= 15 is 0 Å². The van der Waals surface area contributed by atoms with Crippen LogP contribution in [-0.4, -0.2) is 43.0 Å². The van der Waals surface area contributed by atoms with Gasteiger partial charge in [0.15, 0.2) is 0 Å². The van der Waals surface area contributed by atoms with E-state index in [2.05, 4.69) is 46.7 Å². The van der Waals surface area contributed by atoms with Gasteiger partial charge in [-0.15, -0.1) is 7.92 Å². The van der Waals surface area contributed by atoms with Crippen LogP contribution < -0.4 is 0 Å².